The zero-order chi connectivity index (χ0) is 19.5. The summed E-state index contributed by atoms with van der Waals surface area (Å²) in [5.74, 6) is 3.29. The highest BCUT2D eigenvalue weighted by Crippen LogP contribution is 2.39. The van der Waals surface area contributed by atoms with Gasteiger partial charge in [-0.3, -0.25) is 0 Å². The van der Waals surface area contributed by atoms with Gasteiger partial charge in [0.15, 0.2) is 5.76 Å². The Bertz CT molecular complexity index is 991. The molecule has 0 saturated carbocycles. The molecule has 0 spiro atoms. The van der Waals surface area contributed by atoms with Crippen LogP contribution in [0.2, 0.25) is 0 Å². The van der Waals surface area contributed by atoms with Gasteiger partial charge in [0.25, 0.3) is 0 Å². The molecule has 4 rings (SSSR count). The number of aromatic nitrogens is 1. The molecule has 0 atom stereocenters. The quantitative estimate of drug-likeness (QED) is 0.438. The smallest absolute Gasteiger partial charge is 0.151 e. The number of H-pyrrole nitrogens is 1. The van der Waals surface area contributed by atoms with Crippen molar-refractivity contribution in [3.63, 3.8) is 0 Å². The fourth-order valence-corrected chi connectivity index (χ4v) is 3.26. The van der Waals surface area contributed by atoms with Gasteiger partial charge in [-0.2, -0.15) is 0 Å². The molecule has 4 heteroatoms. The van der Waals surface area contributed by atoms with Gasteiger partial charge < -0.3 is 18.9 Å². The SMILES string of the molecule is CCc1ccc(-c2cc(-c3ccc(OC)cc3)c(-c3ccc(OC)cc3)o2)[nH]1. The van der Waals surface area contributed by atoms with E-state index < -0.39 is 0 Å². The second-order valence-corrected chi connectivity index (χ2v) is 6.56. The summed E-state index contributed by atoms with van der Waals surface area (Å²) in [6, 6.07) is 22.2. The van der Waals surface area contributed by atoms with Crippen LogP contribution in [0.1, 0.15) is 12.6 Å². The lowest BCUT2D eigenvalue weighted by Gasteiger charge is -2.06. The fourth-order valence-electron chi connectivity index (χ4n) is 3.26. The molecule has 2 heterocycles. The number of hydrogen-bond donors (Lipinski definition) is 1. The lowest BCUT2D eigenvalue weighted by molar-refractivity contribution is 0.414. The number of benzene rings is 2. The average Bonchev–Trinajstić information content (AvgIpc) is 3.41. The molecule has 4 aromatic rings. The highest BCUT2D eigenvalue weighted by molar-refractivity contribution is 5.83. The van der Waals surface area contributed by atoms with Crippen LogP contribution in [0.25, 0.3) is 33.9 Å². The molecule has 0 aliphatic heterocycles. The van der Waals surface area contributed by atoms with Crippen LogP contribution in [0.4, 0.5) is 0 Å². The molecule has 0 aliphatic carbocycles. The maximum atomic E-state index is 6.33. The molecule has 0 bridgehead atoms. The Hall–Kier alpha value is -3.40. The molecular weight excluding hydrogens is 350 g/mol. The maximum absolute atomic E-state index is 6.33. The lowest BCUT2D eigenvalue weighted by atomic mass is 10.0. The summed E-state index contributed by atoms with van der Waals surface area (Å²) in [6.07, 6.45) is 0.956. The van der Waals surface area contributed by atoms with Crippen LogP contribution >= 0.6 is 0 Å². The number of rotatable bonds is 6. The summed E-state index contributed by atoms with van der Waals surface area (Å²) in [5, 5.41) is 0. The molecule has 4 nitrogen and oxygen atoms in total. The minimum atomic E-state index is 0.816. The van der Waals surface area contributed by atoms with Crippen molar-refractivity contribution in [2.75, 3.05) is 14.2 Å². The number of methoxy groups -OCH3 is 2. The molecule has 0 saturated heterocycles. The zero-order valence-electron chi connectivity index (χ0n) is 16.3. The predicted octanol–water partition coefficient (Wildman–Crippen LogP) is 6.19. The fraction of sp³-hybridized carbons (Fsp3) is 0.167. The van der Waals surface area contributed by atoms with E-state index in [-0.39, 0.29) is 0 Å². The van der Waals surface area contributed by atoms with Crippen LogP contribution < -0.4 is 9.47 Å². The molecule has 0 fully saturated rings. The third-order valence-corrected chi connectivity index (χ3v) is 4.88. The number of aromatic amines is 1. The predicted molar refractivity (Wildman–Crippen MR) is 112 cm³/mol. The van der Waals surface area contributed by atoms with E-state index in [1.165, 1.54) is 5.69 Å². The Morgan fingerprint density at radius 2 is 1.39 bits per heavy atom. The maximum Gasteiger partial charge on any atom is 0.151 e. The molecule has 0 radical (unpaired) electrons. The molecular formula is C24H23NO3. The van der Waals surface area contributed by atoms with Crippen molar-refractivity contribution in [3.8, 4) is 45.4 Å². The van der Waals surface area contributed by atoms with Crippen molar-refractivity contribution in [1.82, 2.24) is 4.98 Å². The number of aryl methyl sites for hydroxylation is 1. The van der Waals surface area contributed by atoms with Crippen LogP contribution in [0.15, 0.2) is 71.1 Å². The van der Waals surface area contributed by atoms with Crippen molar-refractivity contribution in [2.24, 2.45) is 0 Å². The van der Waals surface area contributed by atoms with Gasteiger partial charge in [0.1, 0.15) is 17.3 Å². The standard InChI is InChI=1S/C24H23NO3/c1-4-18-9-14-22(25-18)23-15-21(16-5-10-19(26-2)11-6-16)24(28-23)17-7-12-20(27-3)13-8-17/h5-15,25H,4H2,1-3H3. The van der Waals surface area contributed by atoms with Crippen LogP contribution in [0, 0.1) is 0 Å². The van der Waals surface area contributed by atoms with Gasteiger partial charge in [0.2, 0.25) is 0 Å². The van der Waals surface area contributed by atoms with E-state index in [9.17, 15) is 0 Å². The second kappa shape index (κ2) is 7.69. The zero-order valence-corrected chi connectivity index (χ0v) is 16.3. The first-order valence-electron chi connectivity index (χ1n) is 9.32. The topological polar surface area (TPSA) is 47.4 Å². The molecule has 2 aromatic carbocycles. The largest absolute Gasteiger partial charge is 0.497 e. The van der Waals surface area contributed by atoms with Gasteiger partial charge in [0, 0.05) is 16.8 Å². The highest BCUT2D eigenvalue weighted by Gasteiger charge is 2.17. The summed E-state index contributed by atoms with van der Waals surface area (Å²) >= 11 is 0. The van der Waals surface area contributed by atoms with E-state index in [4.69, 9.17) is 13.9 Å². The molecule has 0 unspecified atom stereocenters. The highest BCUT2D eigenvalue weighted by atomic mass is 16.5. The van der Waals surface area contributed by atoms with Gasteiger partial charge in [-0.05, 0) is 66.6 Å². The third-order valence-electron chi connectivity index (χ3n) is 4.88. The van der Waals surface area contributed by atoms with Gasteiger partial charge in [-0.15, -0.1) is 0 Å². The number of hydrogen-bond acceptors (Lipinski definition) is 3. The minimum Gasteiger partial charge on any atom is -0.497 e. The van der Waals surface area contributed by atoms with Crippen molar-refractivity contribution in [2.45, 2.75) is 13.3 Å². The van der Waals surface area contributed by atoms with Gasteiger partial charge in [-0.1, -0.05) is 19.1 Å². The van der Waals surface area contributed by atoms with Crippen LogP contribution in [0.3, 0.4) is 0 Å². The normalized spacial score (nSPS) is 10.8. The van der Waals surface area contributed by atoms with Crippen LogP contribution in [-0.4, -0.2) is 19.2 Å². The van der Waals surface area contributed by atoms with Gasteiger partial charge in [0.05, 0.1) is 19.9 Å². The van der Waals surface area contributed by atoms with E-state index in [0.717, 1.165) is 51.8 Å². The summed E-state index contributed by atoms with van der Waals surface area (Å²) in [5.41, 5.74) is 5.27. The summed E-state index contributed by atoms with van der Waals surface area (Å²) in [7, 11) is 3.34. The molecule has 0 amide bonds. The first-order valence-corrected chi connectivity index (χ1v) is 9.32. The number of nitrogens with one attached hydrogen (secondary N) is 1. The molecule has 0 aliphatic rings. The Labute approximate surface area is 164 Å². The van der Waals surface area contributed by atoms with Crippen molar-refractivity contribution >= 4 is 0 Å². The number of ether oxygens (including phenoxy) is 2. The third kappa shape index (κ3) is 3.41. The summed E-state index contributed by atoms with van der Waals surface area (Å²) < 4.78 is 16.9. The van der Waals surface area contributed by atoms with Crippen LogP contribution in [0.5, 0.6) is 11.5 Å². The lowest BCUT2D eigenvalue weighted by Crippen LogP contribution is -1.84. The molecule has 1 N–H and O–H groups in total. The summed E-state index contributed by atoms with van der Waals surface area (Å²) in [4.78, 5) is 3.43. The first kappa shape index (κ1) is 18.0. The monoisotopic (exact) mass is 373 g/mol. The van der Waals surface area contributed by atoms with Crippen LogP contribution in [-0.2, 0) is 6.42 Å². The van der Waals surface area contributed by atoms with Crippen molar-refractivity contribution in [1.29, 1.82) is 0 Å². The van der Waals surface area contributed by atoms with Gasteiger partial charge in [-0.25, -0.2) is 0 Å². The Kier molecular flexibility index (Phi) is 4.94. The van der Waals surface area contributed by atoms with Crippen molar-refractivity contribution < 1.29 is 13.9 Å². The molecule has 142 valence electrons. The number of furan rings is 1. The van der Waals surface area contributed by atoms with E-state index in [1.54, 1.807) is 14.2 Å². The molecule has 2 aromatic heterocycles. The average molecular weight is 373 g/mol. The van der Waals surface area contributed by atoms with E-state index >= 15 is 0 Å². The van der Waals surface area contributed by atoms with E-state index in [2.05, 4.69) is 30.1 Å². The van der Waals surface area contributed by atoms with Gasteiger partial charge >= 0.3 is 0 Å². The Balaban J connectivity index is 1.83. The second-order valence-electron chi connectivity index (χ2n) is 6.56. The first-order chi connectivity index (χ1) is 13.7. The van der Waals surface area contributed by atoms with E-state index in [1.807, 2.05) is 48.5 Å². The van der Waals surface area contributed by atoms with Crippen molar-refractivity contribution in [3.05, 3.63) is 72.4 Å². The molecule has 28 heavy (non-hydrogen) atoms. The summed E-state index contributed by atoms with van der Waals surface area (Å²) in [6.45, 7) is 2.13. The Morgan fingerprint density at radius 3 is 1.93 bits per heavy atom. The minimum absolute atomic E-state index is 0.816. The van der Waals surface area contributed by atoms with E-state index in [0.29, 0.717) is 0 Å². The Morgan fingerprint density at radius 1 is 0.786 bits per heavy atom.